The molecule has 0 fully saturated rings. The maximum absolute atomic E-state index is 11.5. The van der Waals surface area contributed by atoms with Gasteiger partial charge in [-0.15, -0.1) is 0 Å². The highest BCUT2D eigenvalue weighted by Gasteiger charge is 2.26. The number of benzene rings is 1. The number of aliphatic hydroxyl groups is 1. The lowest BCUT2D eigenvalue weighted by Crippen LogP contribution is -2.33. The maximum atomic E-state index is 11.5. The summed E-state index contributed by atoms with van der Waals surface area (Å²) in [4.78, 5) is 4.50. The fourth-order valence-electron chi connectivity index (χ4n) is 2.27. The molecule has 0 aliphatic heterocycles. The van der Waals surface area contributed by atoms with Gasteiger partial charge in [-0.3, -0.25) is 0 Å². The molecule has 0 amide bonds. The van der Waals surface area contributed by atoms with Crippen LogP contribution in [0.25, 0.3) is 11.0 Å². The average molecular weight is 296 g/mol. The molecule has 1 aromatic heterocycles. The number of fused-ring (bicyclic) bond motifs is 1. The molecule has 0 saturated heterocycles. The number of aliphatic hydroxyl groups excluding tert-OH is 1. The molecular weight excluding hydrogens is 276 g/mol. The zero-order valence-electron chi connectivity index (χ0n) is 11.9. The number of nitrogens with zero attached hydrogens (tertiary/aromatic N) is 2. The van der Waals surface area contributed by atoms with Gasteiger partial charge in [0.15, 0.2) is 9.84 Å². The number of rotatable bonds is 5. The van der Waals surface area contributed by atoms with E-state index in [0.717, 1.165) is 29.7 Å². The number of imidazole rings is 1. The van der Waals surface area contributed by atoms with E-state index in [2.05, 4.69) is 4.98 Å². The first kappa shape index (κ1) is 15.0. The molecule has 2 rings (SSSR count). The predicted octanol–water partition coefficient (Wildman–Crippen LogP) is 1.39. The van der Waals surface area contributed by atoms with Crippen molar-refractivity contribution in [2.75, 3.05) is 6.26 Å². The van der Waals surface area contributed by atoms with Gasteiger partial charge in [0.1, 0.15) is 5.82 Å². The fraction of sp³-hybridized carbons (Fsp3) is 0.500. The van der Waals surface area contributed by atoms with Crippen molar-refractivity contribution in [3.05, 3.63) is 30.1 Å². The molecule has 1 heterocycles. The smallest absolute Gasteiger partial charge is 0.152 e. The summed E-state index contributed by atoms with van der Waals surface area (Å²) in [5, 5.41) is 9.32. The standard InChI is InChI=1S/C14H20N2O3S/c1-4-16-12-8-6-5-7-11(12)15-14(16)9-13(17)10(2)20(3,18)19/h5-8,10,13,17H,4,9H2,1-3H3. The Balaban J connectivity index is 2.34. The van der Waals surface area contributed by atoms with E-state index in [4.69, 9.17) is 0 Å². The minimum atomic E-state index is -3.26. The van der Waals surface area contributed by atoms with Crippen molar-refractivity contribution in [1.82, 2.24) is 9.55 Å². The highest BCUT2D eigenvalue weighted by atomic mass is 32.2. The third kappa shape index (κ3) is 2.86. The van der Waals surface area contributed by atoms with E-state index in [-0.39, 0.29) is 6.42 Å². The third-order valence-electron chi connectivity index (χ3n) is 3.66. The molecule has 5 nitrogen and oxygen atoms in total. The van der Waals surface area contributed by atoms with E-state index in [9.17, 15) is 13.5 Å². The van der Waals surface area contributed by atoms with Crippen LogP contribution in [0.15, 0.2) is 24.3 Å². The van der Waals surface area contributed by atoms with Crippen molar-refractivity contribution in [3.8, 4) is 0 Å². The summed E-state index contributed by atoms with van der Waals surface area (Å²) in [6, 6.07) is 7.74. The minimum Gasteiger partial charge on any atom is -0.391 e. The van der Waals surface area contributed by atoms with Crippen LogP contribution in [0.3, 0.4) is 0 Å². The van der Waals surface area contributed by atoms with Crippen LogP contribution >= 0.6 is 0 Å². The first-order valence-electron chi connectivity index (χ1n) is 6.65. The Morgan fingerprint density at radius 1 is 1.35 bits per heavy atom. The Hall–Kier alpha value is -1.40. The van der Waals surface area contributed by atoms with E-state index in [1.54, 1.807) is 0 Å². The van der Waals surface area contributed by atoms with Gasteiger partial charge in [-0.2, -0.15) is 0 Å². The lowest BCUT2D eigenvalue weighted by atomic mass is 10.2. The Morgan fingerprint density at radius 2 is 2.00 bits per heavy atom. The SMILES string of the molecule is CCn1c(CC(O)C(C)S(C)(=O)=O)nc2ccccc21. The minimum absolute atomic E-state index is 0.233. The Bertz CT molecular complexity index is 706. The van der Waals surface area contributed by atoms with E-state index < -0.39 is 21.2 Å². The monoisotopic (exact) mass is 296 g/mol. The van der Waals surface area contributed by atoms with Crippen molar-refractivity contribution in [2.45, 2.75) is 38.2 Å². The van der Waals surface area contributed by atoms with Crippen LogP contribution in [0.4, 0.5) is 0 Å². The molecular formula is C14H20N2O3S. The topological polar surface area (TPSA) is 72.2 Å². The summed E-state index contributed by atoms with van der Waals surface area (Å²) in [6.45, 7) is 4.26. The van der Waals surface area contributed by atoms with Gasteiger partial charge in [-0.25, -0.2) is 13.4 Å². The van der Waals surface area contributed by atoms with Gasteiger partial charge in [0.2, 0.25) is 0 Å². The first-order valence-corrected chi connectivity index (χ1v) is 8.61. The maximum Gasteiger partial charge on any atom is 0.152 e. The summed E-state index contributed by atoms with van der Waals surface area (Å²) < 4.78 is 25.0. The number of aromatic nitrogens is 2. The van der Waals surface area contributed by atoms with Crippen molar-refractivity contribution in [2.24, 2.45) is 0 Å². The van der Waals surface area contributed by atoms with Gasteiger partial charge in [0, 0.05) is 19.2 Å². The highest BCUT2D eigenvalue weighted by molar-refractivity contribution is 7.91. The van der Waals surface area contributed by atoms with Gasteiger partial charge in [-0.1, -0.05) is 12.1 Å². The Labute approximate surface area is 119 Å². The zero-order chi connectivity index (χ0) is 14.9. The second kappa shape index (κ2) is 5.54. The normalized spacial score (nSPS) is 15.4. The molecule has 0 aliphatic carbocycles. The molecule has 6 heteroatoms. The number of hydrogen-bond donors (Lipinski definition) is 1. The summed E-state index contributed by atoms with van der Waals surface area (Å²) in [5.74, 6) is 0.719. The molecule has 1 aromatic carbocycles. The molecule has 1 N–H and O–H groups in total. The van der Waals surface area contributed by atoms with Gasteiger partial charge >= 0.3 is 0 Å². The van der Waals surface area contributed by atoms with E-state index in [0.29, 0.717) is 0 Å². The lowest BCUT2D eigenvalue weighted by molar-refractivity contribution is 0.170. The van der Waals surface area contributed by atoms with Crippen LogP contribution in [0.1, 0.15) is 19.7 Å². The molecule has 0 aliphatic rings. The van der Waals surface area contributed by atoms with E-state index in [1.807, 2.05) is 35.8 Å². The quantitative estimate of drug-likeness (QED) is 0.905. The summed E-state index contributed by atoms with van der Waals surface area (Å²) in [5.41, 5.74) is 1.87. The fourth-order valence-corrected chi connectivity index (χ4v) is 2.94. The molecule has 0 bridgehead atoms. The third-order valence-corrected chi connectivity index (χ3v) is 5.32. The molecule has 0 saturated carbocycles. The molecule has 110 valence electrons. The van der Waals surface area contributed by atoms with Gasteiger partial charge in [0.25, 0.3) is 0 Å². The van der Waals surface area contributed by atoms with Crippen molar-refractivity contribution in [1.29, 1.82) is 0 Å². The summed E-state index contributed by atoms with van der Waals surface area (Å²) >= 11 is 0. The molecule has 0 spiro atoms. The predicted molar refractivity (Wildman–Crippen MR) is 79.4 cm³/mol. The average Bonchev–Trinajstić information content (AvgIpc) is 2.73. The second-order valence-electron chi connectivity index (χ2n) is 5.07. The van der Waals surface area contributed by atoms with Gasteiger partial charge in [-0.05, 0) is 26.0 Å². The first-order chi connectivity index (χ1) is 9.34. The van der Waals surface area contributed by atoms with Crippen LogP contribution in [0.5, 0.6) is 0 Å². The lowest BCUT2D eigenvalue weighted by Gasteiger charge is -2.17. The second-order valence-corrected chi connectivity index (χ2v) is 7.47. The Kier molecular flexibility index (Phi) is 4.15. The Morgan fingerprint density at radius 3 is 2.60 bits per heavy atom. The van der Waals surface area contributed by atoms with E-state index in [1.165, 1.54) is 6.92 Å². The largest absolute Gasteiger partial charge is 0.391 e. The molecule has 0 radical (unpaired) electrons. The number of sulfone groups is 1. The number of para-hydroxylation sites is 2. The molecule has 2 aromatic rings. The molecule has 2 atom stereocenters. The van der Waals surface area contributed by atoms with Crippen molar-refractivity contribution < 1.29 is 13.5 Å². The van der Waals surface area contributed by atoms with Crippen LogP contribution in [0.2, 0.25) is 0 Å². The number of hydrogen-bond acceptors (Lipinski definition) is 4. The van der Waals surface area contributed by atoms with Crippen LogP contribution in [-0.2, 0) is 22.8 Å². The summed E-state index contributed by atoms with van der Waals surface area (Å²) in [6.07, 6.45) is 0.424. The van der Waals surface area contributed by atoms with Gasteiger partial charge in [0.05, 0.1) is 22.4 Å². The van der Waals surface area contributed by atoms with Crippen molar-refractivity contribution >= 4 is 20.9 Å². The van der Waals surface area contributed by atoms with E-state index >= 15 is 0 Å². The number of aryl methyl sites for hydroxylation is 1. The van der Waals surface area contributed by atoms with Crippen molar-refractivity contribution in [3.63, 3.8) is 0 Å². The van der Waals surface area contributed by atoms with Crippen LogP contribution < -0.4 is 0 Å². The van der Waals surface area contributed by atoms with Gasteiger partial charge < -0.3 is 9.67 Å². The zero-order valence-corrected chi connectivity index (χ0v) is 12.8. The molecule has 20 heavy (non-hydrogen) atoms. The highest BCUT2D eigenvalue weighted by Crippen LogP contribution is 2.18. The van der Waals surface area contributed by atoms with Crippen LogP contribution in [-0.4, -0.2) is 40.7 Å². The molecule has 2 unspecified atom stereocenters. The van der Waals surface area contributed by atoms with Crippen LogP contribution in [0, 0.1) is 0 Å². The summed E-state index contributed by atoms with van der Waals surface area (Å²) in [7, 11) is -3.26.